The Bertz CT molecular complexity index is 768. The molecule has 2 rings (SSSR count). The second-order valence-electron chi connectivity index (χ2n) is 7.37. The Morgan fingerprint density at radius 3 is 2.55 bits per heavy atom. The Hall–Kier alpha value is -1.19. The Balaban J connectivity index is 1.96. The first-order valence-electron chi connectivity index (χ1n) is 9.91. The number of halogens is 1. The fraction of sp³-hybridized carbons (Fsp3) is 0.600. The molecule has 160 valence electrons. The van der Waals surface area contributed by atoms with Crippen LogP contribution in [0, 0.1) is 0 Å². The molecule has 29 heavy (non-hydrogen) atoms. The maximum atomic E-state index is 11.3. The molecule has 2 aromatic rings. The summed E-state index contributed by atoms with van der Waals surface area (Å²) < 4.78 is 0.773. The summed E-state index contributed by atoms with van der Waals surface area (Å²) >= 11 is 6.19. The van der Waals surface area contributed by atoms with Crippen LogP contribution in [-0.2, 0) is 11.2 Å². The van der Waals surface area contributed by atoms with Gasteiger partial charge >= 0.3 is 5.97 Å². The van der Waals surface area contributed by atoms with Crippen molar-refractivity contribution in [3.05, 3.63) is 27.9 Å². The topological polar surface area (TPSA) is 79.2 Å². The van der Waals surface area contributed by atoms with Crippen LogP contribution >= 0.6 is 39.0 Å². The van der Waals surface area contributed by atoms with Gasteiger partial charge in [0.2, 0.25) is 5.95 Å². The zero-order chi connectivity index (χ0) is 21.3. The molecule has 9 heteroatoms. The van der Waals surface area contributed by atoms with Crippen LogP contribution in [0.4, 0.5) is 5.95 Å². The molecule has 2 aromatic heterocycles. The van der Waals surface area contributed by atoms with E-state index in [1.54, 1.807) is 26.2 Å². The molecular formula is C20H29BrN4O2S2. The second kappa shape index (κ2) is 11.9. The minimum absolute atomic E-state index is 0.737. The number of anilines is 1. The van der Waals surface area contributed by atoms with Crippen molar-refractivity contribution in [2.45, 2.75) is 68.4 Å². The lowest BCUT2D eigenvalue weighted by atomic mass is 10.1. The second-order valence-corrected chi connectivity index (χ2v) is 11.0. The minimum atomic E-state index is -0.884. The predicted octanol–water partition coefficient (Wildman–Crippen LogP) is 5.67. The van der Waals surface area contributed by atoms with E-state index in [4.69, 9.17) is 0 Å². The first-order valence-corrected chi connectivity index (χ1v) is 12.4. The number of unbranched alkanes of at least 4 members (excludes halogenated alkanes) is 4. The van der Waals surface area contributed by atoms with E-state index in [0.717, 1.165) is 46.4 Å². The molecule has 0 spiro atoms. The van der Waals surface area contributed by atoms with E-state index in [1.807, 2.05) is 5.38 Å². The van der Waals surface area contributed by atoms with Crippen LogP contribution in [0.2, 0.25) is 0 Å². The molecule has 0 radical (unpaired) electrons. The average Bonchev–Trinajstić information content (AvgIpc) is 3.11. The van der Waals surface area contributed by atoms with Crippen molar-refractivity contribution in [3.8, 4) is 0 Å². The van der Waals surface area contributed by atoms with E-state index in [0.29, 0.717) is 0 Å². The van der Waals surface area contributed by atoms with E-state index in [-0.39, 0.29) is 0 Å². The maximum absolute atomic E-state index is 11.3. The number of aromatic nitrogens is 3. The van der Waals surface area contributed by atoms with Gasteiger partial charge in [-0.2, -0.15) is 0 Å². The van der Waals surface area contributed by atoms with Crippen LogP contribution in [0.3, 0.4) is 0 Å². The molecule has 0 atom stereocenters. The zero-order valence-electron chi connectivity index (χ0n) is 17.2. The summed E-state index contributed by atoms with van der Waals surface area (Å²) in [5.41, 5.74) is 0.979. The number of rotatable bonds is 13. The summed E-state index contributed by atoms with van der Waals surface area (Å²) in [6.45, 7) is 7.33. The molecule has 0 aliphatic carbocycles. The monoisotopic (exact) mass is 500 g/mol. The molecule has 0 unspecified atom stereocenters. The number of carboxylic acid groups (broad SMARTS) is 1. The lowest BCUT2D eigenvalue weighted by molar-refractivity contribution is -0.138. The maximum Gasteiger partial charge on any atom is 0.319 e. The van der Waals surface area contributed by atoms with Crippen molar-refractivity contribution in [1.82, 2.24) is 15.0 Å². The number of hydrogen-bond acceptors (Lipinski definition) is 7. The predicted molar refractivity (Wildman–Crippen MR) is 124 cm³/mol. The van der Waals surface area contributed by atoms with Crippen molar-refractivity contribution >= 4 is 50.9 Å². The van der Waals surface area contributed by atoms with E-state index in [1.165, 1.54) is 48.8 Å². The van der Waals surface area contributed by atoms with E-state index in [9.17, 15) is 9.90 Å². The highest BCUT2D eigenvalue weighted by molar-refractivity contribution is 9.10. The van der Waals surface area contributed by atoms with Gasteiger partial charge < -0.3 is 10.0 Å². The van der Waals surface area contributed by atoms with Crippen LogP contribution in [0.25, 0.3) is 0 Å². The summed E-state index contributed by atoms with van der Waals surface area (Å²) in [7, 11) is 0. The summed E-state index contributed by atoms with van der Waals surface area (Å²) in [5.74, 6) is -0.0959. The molecule has 0 bridgehead atoms. The summed E-state index contributed by atoms with van der Waals surface area (Å²) in [6, 6.07) is 0. The van der Waals surface area contributed by atoms with Gasteiger partial charge in [0.05, 0.1) is 10.2 Å². The third kappa shape index (κ3) is 8.22. The van der Waals surface area contributed by atoms with Crippen molar-refractivity contribution in [2.75, 3.05) is 18.0 Å². The number of nitrogens with zero attached hydrogens (tertiary/aromatic N) is 4. The molecule has 6 nitrogen and oxygen atoms in total. The van der Waals surface area contributed by atoms with E-state index >= 15 is 0 Å². The van der Waals surface area contributed by atoms with Crippen molar-refractivity contribution in [1.29, 1.82) is 0 Å². The third-order valence-corrected chi connectivity index (χ3v) is 7.03. The largest absolute Gasteiger partial charge is 0.480 e. The molecule has 0 amide bonds. The smallest absolute Gasteiger partial charge is 0.319 e. The van der Waals surface area contributed by atoms with Gasteiger partial charge in [-0.25, -0.2) is 15.0 Å². The molecule has 0 aliphatic heterocycles. The Morgan fingerprint density at radius 2 is 1.90 bits per heavy atom. The molecule has 0 aliphatic rings. The van der Waals surface area contributed by atoms with Crippen LogP contribution in [0.1, 0.15) is 58.6 Å². The first-order chi connectivity index (χ1) is 13.8. The highest BCUT2D eigenvalue weighted by Crippen LogP contribution is 2.34. The molecule has 2 heterocycles. The lowest BCUT2D eigenvalue weighted by Gasteiger charge is -2.22. The normalized spacial score (nSPS) is 11.6. The quantitative estimate of drug-likeness (QED) is 0.280. The fourth-order valence-electron chi connectivity index (χ4n) is 2.65. The minimum Gasteiger partial charge on any atom is -0.480 e. The number of carbonyl (C=O) groups is 1. The van der Waals surface area contributed by atoms with Crippen LogP contribution in [0.5, 0.6) is 0 Å². The lowest BCUT2D eigenvalue weighted by Crippen LogP contribution is -2.29. The average molecular weight is 502 g/mol. The number of aliphatic carboxylic acids is 1. The Kier molecular flexibility index (Phi) is 9.85. The van der Waals surface area contributed by atoms with Crippen molar-refractivity contribution < 1.29 is 9.90 Å². The summed E-state index contributed by atoms with van der Waals surface area (Å²) in [5, 5.41) is 11.3. The Morgan fingerprint density at radius 1 is 1.21 bits per heavy atom. The standard InChI is InChI=1S/C20H29BrN4O2S2/c1-4-5-6-7-8-10-25(18-22-12-15(21)13-23-18)11-9-16-14-28-19(24-16)29-20(2,3)17(26)27/h12-14H,4-11H2,1-3H3,(H,26,27). The highest BCUT2D eigenvalue weighted by atomic mass is 79.9. The van der Waals surface area contributed by atoms with Crippen molar-refractivity contribution in [3.63, 3.8) is 0 Å². The van der Waals surface area contributed by atoms with Gasteiger partial charge in [0.25, 0.3) is 0 Å². The van der Waals surface area contributed by atoms with Gasteiger partial charge in [-0.15, -0.1) is 11.3 Å². The van der Waals surface area contributed by atoms with E-state index in [2.05, 4.69) is 42.7 Å². The SMILES string of the molecule is CCCCCCCN(CCc1csc(SC(C)(C)C(=O)O)n1)c1ncc(Br)cn1. The van der Waals surface area contributed by atoms with Gasteiger partial charge in [0.1, 0.15) is 4.75 Å². The van der Waals surface area contributed by atoms with Gasteiger partial charge in [-0.05, 0) is 36.2 Å². The van der Waals surface area contributed by atoms with Crippen LogP contribution in [-0.4, -0.2) is 43.9 Å². The third-order valence-electron chi connectivity index (χ3n) is 4.45. The number of hydrogen-bond donors (Lipinski definition) is 1. The highest BCUT2D eigenvalue weighted by Gasteiger charge is 2.29. The Labute approximate surface area is 189 Å². The number of carboxylic acids is 1. The fourth-order valence-corrected chi connectivity index (χ4v) is 5.08. The van der Waals surface area contributed by atoms with E-state index < -0.39 is 10.7 Å². The van der Waals surface area contributed by atoms with Gasteiger partial charge in [0.15, 0.2) is 4.34 Å². The van der Waals surface area contributed by atoms with Gasteiger partial charge in [-0.1, -0.05) is 44.4 Å². The molecular weight excluding hydrogens is 472 g/mol. The number of thioether (sulfide) groups is 1. The van der Waals surface area contributed by atoms with Crippen molar-refractivity contribution in [2.24, 2.45) is 0 Å². The van der Waals surface area contributed by atoms with Gasteiger partial charge in [-0.3, -0.25) is 4.79 Å². The van der Waals surface area contributed by atoms with Crippen LogP contribution < -0.4 is 4.90 Å². The number of thiazole rings is 1. The molecule has 0 saturated carbocycles. The first kappa shape index (κ1) is 24.1. The van der Waals surface area contributed by atoms with Gasteiger partial charge in [0, 0.05) is 37.3 Å². The molecule has 0 aromatic carbocycles. The summed E-state index contributed by atoms with van der Waals surface area (Å²) in [4.78, 5) is 27.1. The van der Waals surface area contributed by atoms with Crippen LogP contribution in [0.15, 0.2) is 26.6 Å². The zero-order valence-corrected chi connectivity index (χ0v) is 20.4. The molecule has 1 N–H and O–H groups in total. The molecule has 0 saturated heterocycles. The summed E-state index contributed by atoms with van der Waals surface area (Å²) in [6.07, 6.45) is 10.4. The molecule has 0 fully saturated rings.